The van der Waals surface area contributed by atoms with Gasteiger partial charge in [0.15, 0.2) is 11.9 Å². The Morgan fingerprint density at radius 1 is 0.655 bits per heavy atom. The molecule has 0 radical (unpaired) electrons. The SMILES string of the molecule is CCCCC(=O)Nc1cc(Cl)cc(NC(=O)c2cc(C(=O)Nc3cc(Cl)cc(NC(=O)CCCCN)c3SCCN=C(N)N)ncn2)c1SCCN=C(N)N. The van der Waals surface area contributed by atoms with Crippen LogP contribution in [0.5, 0.6) is 0 Å². The number of hydrogen-bond acceptors (Lipinski definition) is 11. The molecule has 2 aromatic carbocycles. The fourth-order valence-electron chi connectivity index (χ4n) is 4.69. The summed E-state index contributed by atoms with van der Waals surface area (Å²) in [6, 6.07) is 7.41. The van der Waals surface area contributed by atoms with Gasteiger partial charge in [0.25, 0.3) is 11.8 Å². The lowest BCUT2D eigenvalue weighted by Crippen LogP contribution is -2.23. The van der Waals surface area contributed by atoms with Crippen LogP contribution in [0.2, 0.25) is 10.0 Å². The molecule has 0 unspecified atom stereocenters. The zero-order chi connectivity index (χ0) is 40.3. The third-order valence-corrected chi connectivity index (χ3v) is 9.83. The van der Waals surface area contributed by atoms with Gasteiger partial charge in [-0.25, -0.2) is 9.97 Å². The molecule has 1 heterocycles. The molecule has 0 fully saturated rings. The van der Waals surface area contributed by atoms with E-state index in [9.17, 15) is 19.2 Å². The van der Waals surface area contributed by atoms with Crippen molar-refractivity contribution in [3.8, 4) is 0 Å². The predicted molar refractivity (Wildman–Crippen MR) is 223 cm³/mol. The van der Waals surface area contributed by atoms with Crippen LogP contribution in [0.15, 0.2) is 56.4 Å². The van der Waals surface area contributed by atoms with Crippen LogP contribution in [-0.2, 0) is 9.59 Å². The quantitative estimate of drug-likeness (QED) is 0.0315. The van der Waals surface area contributed by atoms with Crippen molar-refractivity contribution in [1.82, 2.24) is 9.97 Å². The summed E-state index contributed by atoms with van der Waals surface area (Å²) in [6.45, 7) is 2.96. The van der Waals surface area contributed by atoms with Crippen molar-refractivity contribution in [2.45, 2.75) is 55.2 Å². The second-order valence-electron chi connectivity index (χ2n) is 11.6. The predicted octanol–water partition coefficient (Wildman–Crippen LogP) is 4.22. The van der Waals surface area contributed by atoms with Crippen LogP contribution in [0.3, 0.4) is 0 Å². The number of guanidine groups is 2. The molecule has 21 heteroatoms. The zero-order valence-electron chi connectivity index (χ0n) is 30.1. The van der Waals surface area contributed by atoms with Gasteiger partial charge in [-0.05, 0) is 50.1 Å². The summed E-state index contributed by atoms with van der Waals surface area (Å²) >= 11 is 15.4. The molecule has 0 aliphatic rings. The second kappa shape index (κ2) is 23.2. The lowest BCUT2D eigenvalue weighted by atomic mass is 10.2. The van der Waals surface area contributed by atoms with Crippen molar-refractivity contribution in [1.29, 1.82) is 0 Å². The Bertz CT molecular complexity index is 1890. The van der Waals surface area contributed by atoms with Crippen LogP contribution in [0.25, 0.3) is 0 Å². The third kappa shape index (κ3) is 15.4. The standard InChI is InChI=1S/C34H45Cl2N13O4S2/c1-2-3-6-27(50)46-21-13-19(35)15-23(29(21)54-11-9-42-33(38)39)48-31(52)25-17-26(45-18-44-25)32(53)49-24-16-20(36)14-22(47-28(51)7-4-5-8-37)30(24)55-12-10-43-34(40)41/h13-18H,2-12,37H2,1H3,(H,46,50)(H,47,51)(H,48,52)(H,49,53)(H4,38,39,42)(H4,40,41,43). The van der Waals surface area contributed by atoms with Crippen LogP contribution in [0, 0.1) is 0 Å². The summed E-state index contributed by atoms with van der Waals surface area (Å²) in [5.74, 6) is -1.22. The summed E-state index contributed by atoms with van der Waals surface area (Å²) in [7, 11) is 0. The van der Waals surface area contributed by atoms with Gasteiger partial charge < -0.3 is 49.9 Å². The number of thioether (sulfide) groups is 2. The summed E-state index contributed by atoms with van der Waals surface area (Å²) in [4.78, 5) is 69.8. The van der Waals surface area contributed by atoms with E-state index in [2.05, 4.69) is 41.2 Å². The lowest BCUT2D eigenvalue weighted by molar-refractivity contribution is -0.117. The highest BCUT2D eigenvalue weighted by Gasteiger charge is 2.21. The lowest BCUT2D eigenvalue weighted by Gasteiger charge is -2.17. The first kappa shape index (κ1) is 44.6. The van der Waals surface area contributed by atoms with Gasteiger partial charge in [-0.2, -0.15) is 0 Å². The average molecular weight is 835 g/mol. The molecule has 0 aliphatic carbocycles. The van der Waals surface area contributed by atoms with Crippen LogP contribution in [0.1, 0.15) is 66.4 Å². The topological polar surface area (TPSA) is 297 Å². The van der Waals surface area contributed by atoms with Crippen molar-refractivity contribution in [2.24, 2.45) is 38.7 Å². The van der Waals surface area contributed by atoms with Gasteiger partial charge in [0, 0.05) is 40.5 Å². The molecule has 0 atom stereocenters. The van der Waals surface area contributed by atoms with Gasteiger partial charge in [0.1, 0.15) is 17.7 Å². The zero-order valence-corrected chi connectivity index (χ0v) is 33.3. The number of hydrogen-bond donors (Lipinski definition) is 9. The normalized spacial score (nSPS) is 10.6. The van der Waals surface area contributed by atoms with Crippen molar-refractivity contribution in [3.63, 3.8) is 0 Å². The number of nitrogens with zero attached hydrogens (tertiary/aromatic N) is 4. The van der Waals surface area contributed by atoms with Gasteiger partial charge in [-0.1, -0.05) is 36.5 Å². The van der Waals surface area contributed by atoms with Crippen molar-refractivity contribution in [2.75, 3.05) is 52.4 Å². The van der Waals surface area contributed by atoms with E-state index in [4.69, 9.17) is 51.9 Å². The van der Waals surface area contributed by atoms with Gasteiger partial charge >= 0.3 is 0 Å². The maximum absolute atomic E-state index is 13.6. The minimum absolute atomic E-state index is 0.0728. The number of anilines is 4. The van der Waals surface area contributed by atoms with Crippen molar-refractivity contribution in [3.05, 3.63) is 58.1 Å². The van der Waals surface area contributed by atoms with E-state index in [0.29, 0.717) is 64.9 Å². The molecule has 55 heavy (non-hydrogen) atoms. The highest BCUT2D eigenvalue weighted by molar-refractivity contribution is 7.99. The van der Waals surface area contributed by atoms with Crippen LogP contribution in [0.4, 0.5) is 22.7 Å². The molecule has 14 N–H and O–H groups in total. The van der Waals surface area contributed by atoms with E-state index in [1.165, 1.54) is 41.7 Å². The first-order chi connectivity index (χ1) is 26.3. The minimum Gasteiger partial charge on any atom is -0.370 e. The Hall–Kier alpha value is -4.82. The molecular formula is C34H45Cl2N13O4S2. The van der Waals surface area contributed by atoms with Gasteiger partial charge in [0.2, 0.25) is 11.8 Å². The Labute approximate surface area is 337 Å². The minimum atomic E-state index is -0.694. The Morgan fingerprint density at radius 2 is 1.07 bits per heavy atom. The molecule has 1 aromatic heterocycles. The number of amides is 4. The van der Waals surface area contributed by atoms with Crippen LogP contribution < -0.4 is 49.9 Å². The van der Waals surface area contributed by atoms with Gasteiger partial charge in [0.05, 0.1) is 45.6 Å². The molecule has 4 amide bonds. The number of halogens is 2. The number of nitrogens with two attached hydrogens (primary N) is 5. The van der Waals surface area contributed by atoms with Gasteiger partial charge in [-0.3, -0.25) is 29.2 Å². The highest BCUT2D eigenvalue weighted by Crippen LogP contribution is 2.39. The second-order valence-corrected chi connectivity index (χ2v) is 14.7. The molecule has 0 spiro atoms. The Kier molecular flexibility index (Phi) is 18.8. The number of aliphatic imine (C=N–C) groups is 2. The molecule has 0 saturated heterocycles. The maximum atomic E-state index is 13.6. The van der Waals surface area contributed by atoms with E-state index in [1.54, 1.807) is 12.1 Å². The van der Waals surface area contributed by atoms with E-state index in [1.807, 2.05) is 6.92 Å². The molecule has 3 aromatic rings. The first-order valence-electron chi connectivity index (χ1n) is 17.1. The first-order valence-corrected chi connectivity index (χ1v) is 19.8. The number of carbonyl (C=O) groups is 4. The third-order valence-electron chi connectivity index (χ3n) is 7.16. The summed E-state index contributed by atoms with van der Waals surface area (Å²) < 4.78 is 0. The fourth-order valence-corrected chi connectivity index (χ4v) is 6.96. The fraction of sp³-hybridized carbons (Fsp3) is 0.353. The number of unbranched alkanes of at least 4 members (excludes halogenated alkanes) is 2. The van der Waals surface area contributed by atoms with Crippen molar-refractivity contribution >= 4 is 105 Å². The molecule has 0 aliphatic heterocycles. The molecular weight excluding hydrogens is 790 g/mol. The average Bonchev–Trinajstić information content (AvgIpc) is 3.12. The smallest absolute Gasteiger partial charge is 0.274 e. The number of rotatable bonds is 21. The van der Waals surface area contributed by atoms with Crippen LogP contribution >= 0.6 is 46.7 Å². The van der Waals surface area contributed by atoms with E-state index in [-0.39, 0.29) is 76.1 Å². The van der Waals surface area contributed by atoms with E-state index in [0.717, 1.165) is 12.7 Å². The molecule has 3 rings (SSSR count). The summed E-state index contributed by atoms with van der Waals surface area (Å²) in [5, 5.41) is 11.8. The van der Waals surface area contributed by atoms with E-state index >= 15 is 0 Å². The number of aromatic nitrogens is 2. The van der Waals surface area contributed by atoms with Crippen LogP contribution in [-0.4, -0.2) is 76.7 Å². The monoisotopic (exact) mass is 833 g/mol. The molecule has 0 bridgehead atoms. The van der Waals surface area contributed by atoms with Crippen molar-refractivity contribution < 1.29 is 19.2 Å². The van der Waals surface area contributed by atoms with E-state index < -0.39 is 11.8 Å². The largest absolute Gasteiger partial charge is 0.370 e. The Balaban J connectivity index is 1.91. The molecule has 17 nitrogen and oxygen atoms in total. The molecule has 296 valence electrons. The maximum Gasteiger partial charge on any atom is 0.274 e. The van der Waals surface area contributed by atoms with Gasteiger partial charge in [-0.15, -0.1) is 23.5 Å². The highest BCUT2D eigenvalue weighted by atomic mass is 35.5. The summed E-state index contributed by atoms with van der Waals surface area (Å²) in [5.41, 5.74) is 28.5. The number of nitrogens with one attached hydrogen (secondary N) is 4. The number of carbonyl (C=O) groups excluding carboxylic acids is 4. The Morgan fingerprint density at radius 3 is 1.47 bits per heavy atom. The molecule has 0 saturated carbocycles. The summed E-state index contributed by atoms with van der Waals surface area (Å²) in [6.07, 6.45) is 4.40. The number of benzene rings is 2.